The van der Waals surface area contributed by atoms with Gasteiger partial charge in [-0.05, 0) is 31.0 Å². The minimum atomic E-state index is -0.462. The van der Waals surface area contributed by atoms with Crippen molar-refractivity contribution >= 4 is 35.0 Å². The second kappa shape index (κ2) is 8.81. The highest BCUT2D eigenvalue weighted by Crippen LogP contribution is 2.26. The van der Waals surface area contributed by atoms with Gasteiger partial charge in [-0.1, -0.05) is 30.9 Å². The number of amides is 1. The molecule has 0 radical (unpaired) electrons. The van der Waals surface area contributed by atoms with E-state index in [0.717, 1.165) is 25.7 Å². The van der Waals surface area contributed by atoms with Crippen molar-refractivity contribution in [2.24, 2.45) is 0 Å². The summed E-state index contributed by atoms with van der Waals surface area (Å²) in [6.45, 7) is 0. The maximum absolute atomic E-state index is 12.3. The fourth-order valence-electron chi connectivity index (χ4n) is 3.02. The van der Waals surface area contributed by atoms with Gasteiger partial charge in [-0.3, -0.25) is 4.79 Å². The first-order valence-electron chi connectivity index (χ1n) is 8.84. The Labute approximate surface area is 162 Å². The minimum Gasteiger partial charge on any atom is -0.465 e. The van der Waals surface area contributed by atoms with E-state index >= 15 is 0 Å². The van der Waals surface area contributed by atoms with Crippen molar-refractivity contribution in [2.45, 2.75) is 38.1 Å². The lowest BCUT2D eigenvalue weighted by Crippen LogP contribution is -2.36. The number of benzene rings is 1. The molecule has 1 heterocycles. The zero-order valence-electron chi connectivity index (χ0n) is 15.0. The van der Waals surface area contributed by atoms with Gasteiger partial charge in [0.05, 0.1) is 35.8 Å². The van der Waals surface area contributed by atoms with Crippen molar-refractivity contribution in [1.29, 1.82) is 0 Å². The molecule has 1 aliphatic carbocycles. The van der Waals surface area contributed by atoms with Crippen molar-refractivity contribution in [3.63, 3.8) is 0 Å². The van der Waals surface area contributed by atoms with E-state index in [1.165, 1.54) is 25.9 Å². The molecule has 142 valence electrons. The third kappa shape index (κ3) is 4.95. The summed E-state index contributed by atoms with van der Waals surface area (Å²) < 4.78 is 4.70. The topological polar surface area (TPSA) is 93.2 Å². The summed E-state index contributed by atoms with van der Waals surface area (Å²) >= 11 is 6.16. The Morgan fingerprint density at radius 2 is 1.93 bits per heavy atom. The van der Waals surface area contributed by atoms with Gasteiger partial charge in [0.2, 0.25) is 0 Å². The van der Waals surface area contributed by atoms with E-state index in [-0.39, 0.29) is 17.6 Å². The summed E-state index contributed by atoms with van der Waals surface area (Å²) in [7, 11) is 1.31. The molecule has 1 saturated carbocycles. The molecule has 1 fully saturated rings. The number of hydrogen-bond donors (Lipinski definition) is 2. The maximum Gasteiger partial charge on any atom is 0.337 e. The van der Waals surface area contributed by atoms with E-state index in [1.54, 1.807) is 18.2 Å². The van der Waals surface area contributed by atoms with Gasteiger partial charge >= 0.3 is 5.97 Å². The molecular weight excluding hydrogens is 368 g/mol. The SMILES string of the molecule is COC(=O)c1ccc(Cl)c(Nc2cnc(C(=O)NC3CCCCC3)cn2)c1. The first-order chi connectivity index (χ1) is 13.1. The summed E-state index contributed by atoms with van der Waals surface area (Å²) in [5.74, 6) is -0.268. The lowest BCUT2D eigenvalue weighted by atomic mass is 9.95. The Morgan fingerprint density at radius 1 is 1.15 bits per heavy atom. The molecule has 1 aliphatic rings. The number of esters is 1. The number of rotatable bonds is 5. The summed E-state index contributed by atoms with van der Waals surface area (Å²) in [4.78, 5) is 32.3. The molecule has 0 spiro atoms. The quantitative estimate of drug-likeness (QED) is 0.758. The Balaban J connectivity index is 1.67. The molecule has 27 heavy (non-hydrogen) atoms. The van der Waals surface area contributed by atoms with E-state index in [4.69, 9.17) is 16.3 Å². The van der Waals surface area contributed by atoms with Gasteiger partial charge in [-0.25, -0.2) is 14.8 Å². The first-order valence-corrected chi connectivity index (χ1v) is 9.22. The number of hydrogen-bond acceptors (Lipinski definition) is 6. The van der Waals surface area contributed by atoms with E-state index in [2.05, 4.69) is 20.6 Å². The van der Waals surface area contributed by atoms with E-state index in [0.29, 0.717) is 22.1 Å². The molecule has 7 nitrogen and oxygen atoms in total. The van der Waals surface area contributed by atoms with Crippen molar-refractivity contribution in [1.82, 2.24) is 15.3 Å². The zero-order valence-corrected chi connectivity index (χ0v) is 15.8. The van der Waals surface area contributed by atoms with E-state index in [1.807, 2.05) is 0 Å². The van der Waals surface area contributed by atoms with Crippen LogP contribution in [0.4, 0.5) is 11.5 Å². The van der Waals surface area contributed by atoms with Crippen LogP contribution in [0.15, 0.2) is 30.6 Å². The number of carbonyl (C=O) groups excluding carboxylic acids is 2. The maximum atomic E-state index is 12.3. The van der Waals surface area contributed by atoms with Crippen LogP contribution >= 0.6 is 11.6 Å². The van der Waals surface area contributed by atoms with Crippen molar-refractivity contribution in [3.8, 4) is 0 Å². The van der Waals surface area contributed by atoms with E-state index < -0.39 is 5.97 Å². The third-order valence-corrected chi connectivity index (χ3v) is 4.80. The molecule has 8 heteroatoms. The largest absolute Gasteiger partial charge is 0.465 e. The van der Waals surface area contributed by atoms with Gasteiger partial charge in [-0.2, -0.15) is 0 Å². The fraction of sp³-hybridized carbons (Fsp3) is 0.368. The molecular formula is C19H21ClN4O3. The normalized spacial score (nSPS) is 14.4. The van der Waals surface area contributed by atoms with Crippen LogP contribution in [-0.2, 0) is 4.74 Å². The molecule has 2 aromatic rings. The number of ether oxygens (including phenoxy) is 1. The van der Waals surface area contributed by atoms with Crippen molar-refractivity contribution in [2.75, 3.05) is 12.4 Å². The summed E-state index contributed by atoms with van der Waals surface area (Å²) in [5, 5.41) is 6.42. The molecule has 1 aromatic heterocycles. The fourth-order valence-corrected chi connectivity index (χ4v) is 3.18. The molecule has 1 amide bonds. The molecule has 0 unspecified atom stereocenters. The molecule has 0 bridgehead atoms. The van der Waals surface area contributed by atoms with E-state index in [9.17, 15) is 9.59 Å². The van der Waals surface area contributed by atoms with Gasteiger partial charge in [0.15, 0.2) is 0 Å². The minimum absolute atomic E-state index is 0.214. The summed E-state index contributed by atoms with van der Waals surface area (Å²) in [6, 6.07) is 4.95. The Bertz CT molecular complexity index is 820. The Hall–Kier alpha value is -2.67. The van der Waals surface area contributed by atoms with Gasteiger partial charge in [0.25, 0.3) is 5.91 Å². The van der Waals surface area contributed by atoms with Gasteiger partial charge in [0, 0.05) is 6.04 Å². The average Bonchev–Trinajstić information content (AvgIpc) is 2.70. The average molecular weight is 389 g/mol. The number of carbonyl (C=O) groups is 2. The molecule has 0 saturated heterocycles. The second-order valence-corrected chi connectivity index (χ2v) is 6.81. The summed E-state index contributed by atoms with van der Waals surface area (Å²) in [6.07, 6.45) is 8.40. The van der Waals surface area contributed by atoms with Gasteiger partial charge in [-0.15, -0.1) is 0 Å². The lowest BCUT2D eigenvalue weighted by molar-refractivity contribution is 0.0600. The molecule has 3 rings (SSSR count). The number of methoxy groups -OCH3 is 1. The zero-order chi connectivity index (χ0) is 19.2. The highest BCUT2D eigenvalue weighted by molar-refractivity contribution is 6.33. The van der Waals surface area contributed by atoms with Crippen LogP contribution in [0.1, 0.15) is 53.0 Å². The predicted molar refractivity (Wildman–Crippen MR) is 102 cm³/mol. The highest BCUT2D eigenvalue weighted by Gasteiger charge is 2.17. The molecule has 0 aliphatic heterocycles. The van der Waals surface area contributed by atoms with Crippen molar-refractivity contribution < 1.29 is 14.3 Å². The number of aromatic nitrogens is 2. The van der Waals surface area contributed by atoms with Crippen LogP contribution in [0.5, 0.6) is 0 Å². The Kier molecular flexibility index (Phi) is 6.24. The monoisotopic (exact) mass is 388 g/mol. The Morgan fingerprint density at radius 3 is 2.59 bits per heavy atom. The van der Waals surface area contributed by atoms with Crippen LogP contribution in [0.3, 0.4) is 0 Å². The van der Waals surface area contributed by atoms with Gasteiger partial charge in [0.1, 0.15) is 11.5 Å². The number of nitrogens with zero attached hydrogens (tertiary/aromatic N) is 2. The lowest BCUT2D eigenvalue weighted by Gasteiger charge is -2.22. The third-order valence-electron chi connectivity index (χ3n) is 4.48. The van der Waals surface area contributed by atoms with Crippen molar-refractivity contribution in [3.05, 3.63) is 46.9 Å². The van der Waals surface area contributed by atoms with Crippen LogP contribution in [0.25, 0.3) is 0 Å². The number of anilines is 2. The van der Waals surface area contributed by atoms with Crippen LogP contribution in [-0.4, -0.2) is 35.0 Å². The number of nitrogens with one attached hydrogen (secondary N) is 2. The van der Waals surface area contributed by atoms with Crippen LogP contribution in [0, 0.1) is 0 Å². The van der Waals surface area contributed by atoms with Crippen LogP contribution < -0.4 is 10.6 Å². The van der Waals surface area contributed by atoms with Crippen LogP contribution in [0.2, 0.25) is 5.02 Å². The first kappa shape index (κ1) is 19.1. The standard InChI is InChI=1S/C19H21ClN4O3/c1-27-19(26)12-7-8-14(20)15(9-12)24-17-11-21-16(10-22-17)18(25)23-13-5-3-2-4-6-13/h7-11,13H,2-6H2,1H3,(H,22,24)(H,23,25). The van der Waals surface area contributed by atoms with Gasteiger partial charge < -0.3 is 15.4 Å². The molecule has 1 aromatic carbocycles. The second-order valence-electron chi connectivity index (χ2n) is 6.41. The predicted octanol–water partition coefficient (Wildman–Crippen LogP) is 3.72. The molecule has 0 atom stereocenters. The summed E-state index contributed by atoms with van der Waals surface area (Å²) in [5.41, 5.74) is 1.12. The number of halogens is 1. The highest BCUT2D eigenvalue weighted by atomic mass is 35.5. The molecule has 2 N–H and O–H groups in total. The smallest absolute Gasteiger partial charge is 0.337 e.